The molecule has 0 bridgehead atoms. The van der Waals surface area contributed by atoms with Crippen LogP contribution in [0.3, 0.4) is 0 Å². The second kappa shape index (κ2) is 5.81. The van der Waals surface area contributed by atoms with Crippen molar-refractivity contribution < 1.29 is 9.53 Å². The van der Waals surface area contributed by atoms with Crippen LogP contribution < -0.4 is 5.56 Å². The number of hydrogen-bond donors (Lipinski definition) is 1. The number of likely N-dealkylation sites (tertiary alicyclic amines) is 2. The number of amides is 1. The highest BCUT2D eigenvalue weighted by Crippen LogP contribution is 2.39. The molecule has 3 heterocycles. The second-order valence-corrected chi connectivity index (χ2v) is 6.29. The Labute approximate surface area is 129 Å². The van der Waals surface area contributed by atoms with Gasteiger partial charge in [-0.15, -0.1) is 0 Å². The van der Waals surface area contributed by atoms with Crippen molar-refractivity contribution in [2.75, 3.05) is 39.9 Å². The standard InChI is InChI=1S/C15H22N4O3/c1-3-22-7-11-5-15(18(2)6-11)8-19(9-15)14(21)12-4-13(20)17-10-16-12/h4,10-11H,3,5-9H2,1-2H3,(H,16,17,20)/t11-/m0/s1. The van der Waals surface area contributed by atoms with Crippen LogP contribution in [0.15, 0.2) is 17.2 Å². The molecule has 0 unspecified atom stereocenters. The highest BCUT2D eigenvalue weighted by atomic mass is 16.5. The molecule has 0 aromatic carbocycles. The first-order valence-electron chi connectivity index (χ1n) is 7.67. The Balaban J connectivity index is 1.61. The summed E-state index contributed by atoms with van der Waals surface area (Å²) in [7, 11) is 2.11. The van der Waals surface area contributed by atoms with Gasteiger partial charge in [0.1, 0.15) is 5.69 Å². The summed E-state index contributed by atoms with van der Waals surface area (Å²) in [5.74, 6) is 0.360. The monoisotopic (exact) mass is 306 g/mol. The summed E-state index contributed by atoms with van der Waals surface area (Å²) in [6, 6.07) is 1.25. The van der Waals surface area contributed by atoms with Crippen LogP contribution in [0.25, 0.3) is 0 Å². The predicted octanol–water partition coefficient (Wildman–Crippen LogP) is -0.0473. The molecule has 3 rings (SSSR count). The predicted molar refractivity (Wildman–Crippen MR) is 80.7 cm³/mol. The Morgan fingerprint density at radius 1 is 1.55 bits per heavy atom. The lowest BCUT2D eigenvalue weighted by Gasteiger charge is -2.51. The maximum atomic E-state index is 12.3. The number of aromatic amines is 1. The third-order valence-corrected chi connectivity index (χ3v) is 4.72. The van der Waals surface area contributed by atoms with Crippen molar-refractivity contribution in [2.24, 2.45) is 5.92 Å². The fourth-order valence-electron chi connectivity index (χ4n) is 3.56. The Hall–Kier alpha value is -1.73. The van der Waals surface area contributed by atoms with Gasteiger partial charge in [0.15, 0.2) is 0 Å². The molecule has 120 valence electrons. The van der Waals surface area contributed by atoms with E-state index in [2.05, 4.69) is 21.9 Å². The van der Waals surface area contributed by atoms with Gasteiger partial charge in [-0.3, -0.25) is 14.5 Å². The fraction of sp³-hybridized carbons (Fsp3) is 0.667. The van der Waals surface area contributed by atoms with E-state index in [1.54, 1.807) is 4.90 Å². The van der Waals surface area contributed by atoms with Crippen LogP contribution in [-0.2, 0) is 4.74 Å². The van der Waals surface area contributed by atoms with E-state index in [0.29, 0.717) is 19.0 Å². The van der Waals surface area contributed by atoms with Gasteiger partial charge < -0.3 is 14.6 Å². The maximum Gasteiger partial charge on any atom is 0.272 e. The molecule has 2 aliphatic heterocycles. The number of aromatic nitrogens is 2. The summed E-state index contributed by atoms with van der Waals surface area (Å²) in [5.41, 5.74) is -0.0213. The van der Waals surface area contributed by atoms with E-state index in [0.717, 1.165) is 26.2 Å². The van der Waals surface area contributed by atoms with E-state index >= 15 is 0 Å². The molecule has 0 radical (unpaired) electrons. The largest absolute Gasteiger partial charge is 0.381 e. The summed E-state index contributed by atoms with van der Waals surface area (Å²) in [6.07, 6.45) is 2.32. The lowest BCUT2D eigenvalue weighted by atomic mass is 9.84. The average molecular weight is 306 g/mol. The number of ether oxygens (including phenoxy) is 1. The third kappa shape index (κ3) is 2.66. The van der Waals surface area contributed by atoms with E-state index in [9.17, 15) is 9.59 Å². The molecule has 7 heteroatoms. The van der Waals surface area contributed by atoms with Crippen LogP contribution in [0.2, 0.25) is 0 Å². The summed E-state index contributed by atoms with van der Waals surface area (Å²) in [6.45, 7) is 5.93. The Kier molecular flexibility index (Phi) is 4.01. The van der Waals surface area contributed by atoms with Gasteiger partial charge >= 0.3 is 0 Å². The Morgan fingerprint density at radius 3 is 3.00 bits per heavy atom. The van der Waals surface area contributed by atoms with E-state index in [-0.39, 0.29) is 22.7 Å². The summed E-state index contributed by atoms with van der Waals surface area (Å²) in [5, 5.41) is 0. The zero-order valence-electron chi connectivity index (χ0n) is 13.0. The van der Waals surface area contributed by atoms with Crippen LogP contribution in [0.1, 0.15) is 23.8 Å². The molecule has 1 N–H and O–H groups in total. The average Bonchev–Trinajstić information content (AvgIpc) is 2.79. The summed E-state index contributed by atoms with van der Waals surface area (Å²) < 4.78 is 5.53. The Morgan fingerprint density at radius 2 is 2.32 bits per heavy atom. The van der Waals surface area contributed by atoms with Gasteiger partial charge in [-0.2, -0.15) is 0 Å². The molecule has 0 saturated carbocycles. The quantitative estimate of drug-likeness (QED) is 0.844. The number of carbonyl (C=O) groups excluding carboxylic acids is 1. The molecule has 1 spiro atoms. The van der Waals surface area contributed by atoms with Crippen LogP contribution in [0.5, 0.6) is 0 Å². The first-order chi connectivity index (χ1) is 10.5. The third-order valence-electron chi connectivity index (χ3n) is 4.72. The van der Waals surface area contributed by atoms with Gasteiger partial charge in [0.05, 0.1) is 18.5 Å². The highest BCUT2D eigenvalue weighted by molar-refractivity contribution is 5.93. The molecule has 1 aromatic rings. The van der Waals surface area contributed by atoms with Crippen molar-refractivity contribution in [3.05, 3.63) is 28.4 Å². The zero-order valence-corrected chi connectivity index (χ0v) is 13.0. The molecular formula is C15H22N4O3. The highest BCUT2D eigenvalue weighted by Gasteiger charge is 2.53. The molecule has 1 aromatic heterocycles. The van der Waals surface area contributed by atoms with E-state index in [1.807, 2.05) is 6.92 Å². The first kappa shape index (κ1) is 15.2. The second-order valence-electron chi connectivity index (χ2n) is 6.29. The minimum absolute atomic E-state index is 0.0681. The molecule has 2 fully saturated rings. The molecule has 1 atom stereocenters. The smallest absolute Gasteiger partial charge is 0.272 e. The molecule has 7 nitrogen and oxygen atoms in total. The van der Waals surface area contributed by atoms with Crippen molar-refractivity contribution in [1.29, 1.82) is 0 Å². The molecular weight excluding hydrogens is 284 g/mol. The number of carbonyl (C=O) groups is 1. The van der Waals surface area contributed by atoms with Crippen molar-refractivity contribution in [1.82, 2.24) is 19.8 Å². The molecule has 2 aliphatic rings. The number of nitrogens with one attached hydrogen (secondary N) is 1. The van der Waals surface area contributed by atoms with Crippen molar-refractivity contribution >= 4 is 5.91 Å². The minimum Gasteiger partial charge on any atom is -0.381 e. The maximum absolute atomic E-state index is 12.3. The zero-order chi connectivity index (χ0) is 15.7. The summed E-state index contributed by atoms with van der Waals surface area (Å²) in [4.78, 5) is 34.1. The Bertz CT molecular complexity index is 609. The normalized spacial score (nSPS) is 23.7. The van der Waals surface area contributed by atoms with Gasteiger partial charge in [-0.25, -0.2) is 4.98 Å². The number of hydrogen-bond acceptors (Lipinski definition) is 5. The summed E-state index contributed by atoms with van der Waals surface area (Å²) >= 11 is 0. The molecule has 2 saturated heterocycles. The van der Waals surface area contributed by atoms with E-state index < -0.39 is 0 Å². The van der Waals surface area contributed by atoms with Gasteiger partial charge in [-0.1, -0.05) is 0 Å². The SMILES string of the molecule is CCOC[C@@H]1CN(C)C2(C1)CN(C(=O)c1cc(=O)[nH]cn1)C2. The first-order valence-corrected chi connectivity index (χ1v) is 7.67. The fourth-order valence-corrected chi connectivity index (χ4v) is 3.56. The number of nitrogens with zero attached hydrogens (tertiary/aromatic N) is 3. The van der Waals surface area contributed by atoms with E-state index in [4.69, 9.17) is 4.74 Å². The van der Waals surface area contributed by atoms with Crippen LogP contribution >= 0.6 is 0 Å². The van der Waals surface area contributed by atoms with Crippen LogP contribution in [0.4, 0.5) is 0 Å². The van der Waals surface area contributed by atoms with Gasteiger partial charge in [0.25, 0.3) is 11.5 Å². The van der Waals surface area contributed by atoms with Crippen molar-refractivity contribution in [2.45, 2.75) is 18.9 Å². The van der Waals surface area contributed by atoms with E-state index in [1.165, 1.54) is 12.4 Å². The van der Waals surface area contributed by atoms with Gasteiger partial charge in [-0.05, 0) is 26.3 Å². The lowest BCUT2D eigenvalue weighted by molar-refractivity contribution is -0.00832. The number of likely N-dealkylation sites (N-methyl/N-ethyl adjacent to an activating group) is 1. The topological polar surface area (TPSA) is 78.5 Å². The molecule has 22 heavy (non-hydrogen) atoms. The lowest BCUT2D eigenvalue weighted by Crippen LogP contribution is -2.68. The van der Waals surface area contributed by atoms with Crippen LogP contribution in [0, 0.1) is 5.92 Å². The van der Waals surface area contributed by atoms with Crippen molar-refractivity contribution in [3.8, 4) is 0 Å². The van der Waals surface area contributed by atoms with Crippen molar-refractivity contribution in [3.63, 3.8) is 0 Å². The van der Waals surface area contributed by atoms with Crippen LogP contribution in [-0.4, -0.2) is 71.1 Å². The van der Waals surface area contributed by atoms with Gasteiger partial charge in [0, 0.05) is 32.3 Å². The van der Waals surface area contributed by atoms with Gasteiger partial charge in [0.2, 0.25) is 0 Å². The number of rotatable bonds is 4. The number of H-pyrrole nitrogens is 1. The minimum atomic E-state index is -0.302. The molecule has 0 aliphatic carbocycles. The molecule has 1 amide bonds.